The lowest BCUT2D eigenvalue weighted by atomic mass is 10.1. The van der Waals surface area contributed by atoms with Gasteiger partial charge in [0.25, 0.3) is 5.91 Å². The molecular weight excluding hydrogens is 297 g/mol. The van der Waals surface area contributed by atoms with Crippen molar-refractivity contribution in [3.8, 4) is 0 Å². The maximum atomic E-state index is 13.1. The van der Waals surface area contributed by atoms with Crippen molar-refractivity contribution in [2.24, 2.45) is 0 Å². The number of carbonyl (C=O) groups excluding carboxylic acids is 1. The van der Waals surface area contributed by atoms with Gasteiger partial charge in [-0.05, 0) is 52.7 Å². The molecule has 0 aliphatic rings. The molecule has 0 bridgehead atoms. The molecule has 18 heavy (non-hydrogen) atoms. The lowest BCUT2D eigenvalue weighted by Crippen LogP contribution is -2.12. The van der Waals surface area contributed by atoms with Crippen molar-refractivity contribution in [1.82, 2.24) is 0 Å². The molecule has 0 unspecified atom stereocenters. The monoisotopic (exact) mass is 307 g/mol. The predicted octanol–water partition coefficient (Wildman–Crippen LogP) is 4.15. The number of para-hydroxylation sites is 1. The van der Waals surface area contributed by atoms with E-state index in [0.717, 1.165) is 11.3 Å². The van der Waals surface area contributed by atoms with Gasteiger partial charge in [0, 0.05) is 11.3 Å². The average molecular weight is 308 g/mol. The maximum absolute atomic E-state index is 13.1. The molecule has 2 rings (SSSR count). The molecule has 2 aromatic rings. The van der Waals surface area contributed by atoms with Crippen molar-refractivity contribution < 1.29 is 9.18 Å². The third-order valence-corrected chi connectivity index (χ3v) is 3.18. The third-order valence-electron chi connectivity index (χ3n) is 2.58. The molecule has 92 valence electrons. The van der Waals surface area contributed by atoms with Crippen molar-refractivity contribution in [1.29, 1.82) is 0 Å². The molecule has 2 aromatic carbocycles. The zero-order valence-electron chi connectivity index (χ0n) is 9.71. The molecule has 2 nitrogen and oxygen atoms in total. The van der Waals surface area contributed by atoms with Crippen LogP contribution in [0.4, 0.5) is 10.1 Å². The highest BCUT2D eigenvalue weighted by Crippen LogP contribution is 2.19. The smallest absolute Gasteiger partial charge is 0.255 e. The molecule has 1 amide bonds. The largest absolute Gasteiger partial charge is 0.322 e. The van der Waals surface area contributed by atoms with Crippen LogP contribution in [0.5, 0.6) is 0 Å². The SMILES string of the molecule is Cc1ccccc1NC(=O)c1ccc(F)c(Br)c1. The van der Waals surface area contributed by atoms with Crippen molar-refractivity contribution in [3.63, 3.8) is 0 Å². The van der Waals surface area contributed by atoms with Crippen LogP contribution in [0.15, 0.2) is 46.9 Å². The molecule has 0 aliphatic heterocycles. The first kappa shape index (κ1) is 12.8. The lowest BCUT2D eigenvalue weighted by Gasteiger charge is -2.08. The highest BCUT2D eigenvalue weighted by Gasteiger charge is 2.09. The molecular formula is C14H11BrFNO. The number of amides is 1. The van der Waals surface area contributed by atoms with E-state index < -0.39 is 0 Å². The van der Waals surface area contributed by atoms with Crippen molar-refractivity contribution in [3.05, 3.63) is 63.9 Å². The number of aryl methyl sites for hydroxylation is 1. The van der Waals surface area contributed by atoms with E-state index in [2.05, 4.69) is 21.2 Å². The van der Waals surface area contributed by atoms with Gasteiger partial charge < -0.3 is 5.32 Å². The van der Waals surface area contributed by atoms with E-state index in [1.54, 1.807) is 0 Å². The first-order chi connectivity index (χ1) is 8.58. The second-order valence-electron chi connectivity index (χ2n) is 3.90. The summed E-state index contributed by atoms with van der Waals surface area (Å²) in [4.78, 5) is 12.0. The summed E-state index contributed by atoms with van der Waals surface area (Å²) in [6.07, 6.45) is 0. The molecule has 0 saturated carbocycles. The minimum absolute atomic E-state index is 0.259. The Morgan fingerprint density at radius 3 is 2.61 bits per heavy atom. The predicted molar refractivity (Wildman–Crippen MR) is 73.2 cm³/mol. The summed E-state index contributed by atoms with van der Waals surface area (Å²) in [5, 5.41) is 2.79. The maximum Gasteiger partial charge on any atom is 0.255 e. The van der Waals surface area contributed by atoms with Crippen LogP contribution in [0.1, 0.15) is 15.9 Å². The van der Waals surface area contributed by atoms with E-state index >= 15 is 0 Å². The molecule has 0 aromatic heterocycles. The summed E-state index contributed by atoms with van der Waals surface area (Å²) in [5.41, 5.74) is 2.14. The fraction of sp³-hybridized carbons (Fsp3) is 0.0714. The summed E-state index contributed by atoms with van der Waals surface area (Å²) < 4.78 is 13.4. The van der Waals surface area contributed by atoms with E-state index in [1.807, 2.05) is 31.2 Å². The number of hydrogen-bond donors (Lipinski definition) is 1. The molecule has 0 heterocycles. The van der Waals surface area contributed by atoms with Crippen molar-refractivity contribution in [2.45, 2.75) is 6.92 Å². The lowest BCUT2D eigenvalue weighted by molar-refractivity contribution is 0.102. The van der Waals surface area contributed by atoms with Crippen LogP contribution >= 0.6 is 15.9 Å². The van der Waals surface area contributed by atoms with Gasteiger partial charge in [0.05, 0.1) is 4.47 Å². The Balaban J connectivity index is 2.22. The van der Waals surface area contributed by atoms with E-state index in [-0.39, 0.29) is 16.2 Å². The van der Waals surface area contributed by atoms with Crippen LogP contribution in [-0.2, 0) is 0 Å². The summed E-state index contributed by atoms with van der Waals surface area (Å²) in [6, 6.07) is 11.7. The first-order valence-corrected chi connectivity index (χ1v) is 6.19. The van der Waals surface area contributed by atoms with E-state index in [9.17, 15) is 9.18 Å². The fourth-order valence-corrected chi connectivity index (χ4v) is 1.92. The van der Waals surface area contributed by atoms with Gasteiger partial charge in [-0.25, -0.2) is 4.39 Å². The van der Waals surface area contributed by atoms with Gasteiger partial charge in [-0.3, -0.25) is 4.79 Å². The molecule has 0 radical (unpaired) electrons. The Kier molecular flexibility index (Phi) is 3.77. The second kappa shape index (κ2) is 5.31. The Morgan fingerprint density at radius 1 is 1.22 bits per heavy atom. The number of rotatable bonds is 2. The quantitative estimate of drug-likeness (QED) is 0.887. The molecule has 0 atom stereocenters. The number of carbonyl (C=O) groups is 1. The van der Waals surface area contributed by atoms with E-state index in [0.29, 0.717) is 5.56 Å². The Bertz CT molecular complexity index is 598. The number of benzene rings is 2. The van der Waals surface area contributed by atoms with Gasteiger partial charge in [-0.15, -0.1) is 0 Å². The Labute approximate surface area is 113 Å². The standard InChI is InChI=1S/C14H11BrFNO/c1-9-4-2-3-5-13(9)17-14(18)10-6-7-12(16)11(15)8-10/h2-8H,1H3,(H,17,18). The normalized spacial score (nSPS) is 10.2. The zero-order valence-corrected chi connectivity index (χ0v) is 11.3. The van der Waals surface area contributed by atoms with Crippen LogP contribution < -0.4 is 5.32 Å². The van der Waals surface area contributed by atoms with Gasteiger partial charge in [-0.1, -0.05) is 18.2 Å². The third kappa shape index (κ3) is 2.76. The summed E-state index contributed by atoms with van der Waals surface area (Å²) in [6.45, 7) is 1.91. The van der Waals surface area contributed by atoms with Crippen LogP contribution in [-0.4, -0.2) is 5.91 Å². The molecule has 0 spiro atoms. The number of anilines is 1. The summed E-state index contributed by atoms with van der Waals surface area (Å²) >= 11 is 3.06. The fourth-order valence-electron chi connectivity index (χ4n) is 1.55. The molecule has 0 fully saturated rings. The molecule has 0 saturated heterocycles. The van der Waals surface area contributed by atoms with Crippen molar-refractivity contribution >= 4 is 27.5 Å². The topological polar surface area (TPSA) is 29.1 Å². The zero-order chi connectivity index (χ0) is 13.1. The van der Waals surface area contributed by atoms with Crippen LogP contribution in [0.25, 0.3) is 0 Å². The number of halogens is 2. The first-order valence-electron chi connectivity index (χ1n) is 5.40. The van der Waals surface area contributed by atoms with E-state index in [4.69, 9.17) is 0 Å². The van der Waals surface area contributed by atoms with Gasteiger partial charge in [-0.2, -0.15) is 0 Å². The van der Waals surface area contributed by atoms with Gasteiger partial charge in [0.15, 0.2) is 0 Å². The van der Waals surface area contributed by atoms with Gasteiger partial charge >= 0.3 is 0 Å². The molecule has 1 N–H and O–H groups in total. The van der Waals surface area contributed by atoms with Crippen LogP contribution in [0.3, 0.4) is 0 Å². The average Bonchev–Trinajstić information content (AvgIpc) is 2.35. The minimum atomic E-state index is -0.387. The Morgan fingerprint density at radius 2 is 1.94 bits per heavy atom. The number of nitrogens with one attached hydrogen (secondary N) is 1. The van der Waals surface area contributed by atoms with Crippen LogP contribution in [0, 0.1) is 12.7 Å². The van der Waals surface area contributed by atoms with Gasteiger partial charge in [0.2, 0.25) is 0 Å². The summed E-state index contributed by atoms with van der Waals surface area (Å²) in [5.74, 6) is -0.646. The Hall–Kier alpha value is -1.68. The van der Waals surface area contributed by atoms with Crippen LogP contribution in [0.2, 0.25) is 0 Å². The number of hydrogen-bond acceptors (Lipinski definition) is 1. The van der Waals surface area contributed by atoms with Gasteiger partial charge in [0.1, 0.15) is 5.82 Å². The minimum Gasteiger partial charge on any atom is -0.322 e. The molecule has 4 heteroatoms. The van der Waals surface area contributed by atoms with E-state index in [1.165, 1.54) is 18.2 Å². The summed E-state index contributed by atoms with van der Waals surface area (Å²) in [7, 11) is 0. The van der Waals surface area contributed by atoms with Crippen molar-refractivity contribution in [2.75, 3.05) is 5.32 Å². The highest BCUT2D eigenvalue weighted by atomic mass is 79.9. The molecule has 0 aliphatic carbocycles. The highest BCUT2D eigenvalue weighted by molar-refractivity contribution is 9.10. The second-order valence-corrected chi connectivity index (χ2v) is 4.75.